The third-order valence-corrected chi connectivity index (χ3v) is 8.47. The highest BCUT2D eigenvalue weighted by Crippen LogP contribution is 2.60. The van der Waals surface area contributed by atoms with Gasteiger partial charge >= 0.3 is 0 Å². The number of rotatable bonds is 5. The molecule has 3 rings (SSSR count). The van der Waals surface area contributed by atoms with E-state index in [1.54, 1.807) is 5.57 Å². The molecule has 2 nitrogen and oxygen atoms in total. The number of allylic oxidation sites excluding steroid dienone is 1. The first-order valence-electron chi connectivity index (χ1n) is 10.5. The SMILES string of the molecule is C[C@H](CCC[C@]1(O)CCCCC1=O)[C@H]1CCC2C(=CBr)CCC[C@@]21C. The van der Waals surface area contributed by atoms with Gasteiger partial charge in [0.25, 0.3) is 0 Å². The van der Waals surface area contributed by atoms with E-state index in [0.717, 1.165) is 37.5 Å². The second kappa shape index (κ2) is 7.84. The van der Waals surface area contributed by atoms with Gasteiger partial charge in [0, 0.05) is 6.42 Å². The van der Waals surface area contributed by atoms with Crippen LogP contribution >= 0.6 is 15.9 Å². The Balaban J connectivity index is 1.57. The molecule has 0 aromatic rings. The van der Waals surface area contributed by atoms with E-state index < -0.39 is 5.60 Å². The van der Waals surface area contributed by atoms with Crippen molar-refractivity contribution in [1.82, 2.24) is 0 Å². The summed E-state index contributed by atoms with van der Waals surface area (Å²) in [4.78, 5) is 14.3. The van der Waals surface area contributed by atoms with Crippen LogP contribution in [-0.4, -0.2) is 16.5 Å². The highest BCUT2D eigenvalue weighted by molar-refractivity contribution is 9.11. The highest BCUT2D eigenvalue weighted by atomic mass is 79.9. The number of fused-ring (bicyclic) bond motifs is 1. The summed E-state index contributed by atoms with van der Waals surface area (Å²) in [5, 5.41) is 10.7. The highest BCUT2D eigenvalue weighted by Gasteiger charge is 2.50. The monoisotopic (exact) mass is 410 g/mol. The molecule has 0 aliphatic heterocycles. The number of hydrogen-bond acceptors (Lipinski definition) is 2. The summed E-state index contributed by atoms with van der Waals surface area (Å²) in [6.07, 6.45) is 12.7. The summed E-state index contributed by atoms with van der Waals surface area (Å²) in [6, 6.07) is 0. The van der Waals surface area contributed by atoms with Gasteiger partial charge in [0.1, 0.15) is 5.60 Å². The van der Waals surface area contributed by atoms with Gasteiger partial charge in [0.15, 0.2) is 5.78 Å². The van der Waals surface area contributed by atoms with E-state index in [1.165, 1.54) is 32.1 Å². The zero-order valence-electron chi connectivity index (χ0n) is 16.0. The van der Waals surface area contributed by atoms with Gasteiger partial charge in [-0.15, -0.1) is 0 Å². The van der Waals surface area contributed by atoms with E-state index in [2.05, 4.69) is 34.8 Å². The molecular weight excluding hydrogens is 376 g/mol. The predicted molar refractivity (Wildman–Crippen MR) is 107 cm³/mol. The average molecular weight is 411 g/mol. The largest absolute Gasteiger partial charge is 0.382 e. The van der Waals surface area contributed by atoms with Gasteiger partial charge in [0.2, 0.25) is 0 Å². The van der Waals surface area contributed by atoms with Crippen LogP contribution in [0, 0.1) is 23.2 Å². The topological polar surface area (TPSA) is 37.3 Å². The molecule has 0 aromatic heterocycles. The Labute approximate surface area is 162 Å². The normalized spacial score (nSPS) is 41.8. The van der Waals surface area contributed by atoms with Gasteiger partial charge in [0.05, 0.1) is 0 Å². The Kier molecular flexibility index (Phi) is 6.15. The quantitative estimate of drug-likeness (QED) is 0.588. The van der Waals surface area contributed by atoms with Crippen LogP contribution in [0.1, 0.15) is 90.9 Å². The van der Waals surface area contributed by atoms with Crippen LogP contribution in [0.15, 0.2) is 10.6 Å². The minimum absolute atomic E-state index is 0.0960. The van der Waals surface area contributed by atoms with Crippen molar-refractivity contribution in [2.45, 2.75) is 96.5 Å². The number of aliphatic hydroxyl groups is 1. The van der Waals surface area contributed by atoms with Crippen molar-refractivity contribution in [2.24, 2.45) is 23.2 Å². The summed E-state index contributed by atoms with van der Waals surface area (Å²) in [5.41, 5.74) is 1.08. The fraction of sp³-hybridized carbons (Fsp3) is 0.864. The van der Waals surface area contributed by atoms with Crippen molar-refractivity contribution in [3.8, 4) is 0 Å². The Morgan fingerprint density at radius 3 is 2.76 bits per heavy atom. The first kappa shape index (κ1) is 19.6. The van der Waals surface area contributed by atoms with Crippen molar-refractivity contribution in [3.05, 3.63) is 10.6 Å². The molecule has 3 aliphatic carbocycles. The Morgan fingerprint density at radius 2 is 2.04 bits per heavy atom. The molecule has 5 atom stereocenters. The maximum atomic E-state index is 12.1. The second-order valence-corrected chi connectivity index (χ2v) is 9.77. The maximum absolute atomic E-state index is 12.1. The second-order valence-electron chi connectivity index (χ2n) is 9.31. The molecule has 3 saturated carbocycles. The Hall–Kier alpha value is -0.150. The predicted octanol–water partition coefficient (Wildman–Crippen LogP) is 6.16. The molecule has 3 aliphatic rings. The average Bonchev–Trinajstić information content (AvgIpc) is 2.94. The molecule has 0 heterocycles. The molecule has 1 N–H and O–H groups in total. The standard InChI is InChI=1S/C22H35BrO2/c1-16(7-5-14-22(25)13-4-3-9-20(22)24)18-10-11-19-17(15-23)8-6-12-21(18,19)2/h15-16,18-19,25H,3-14H2,1-2H3/t16-,18-,19?,21-,22-/m1/s1. The van der Waals surface area contributed by atoms with Crippen LogP contribution < -0.4 is 0 Å². The van der Waals surface area contributed by atoms with Crippen molar-refractivity contribution < 1.29 is 9.90 Å². The lowest BCUT2D eigenvalue weighted by Crippen LogP contribution is -2.41. The van der Waals surface area contributed by atoms with E-state index in [1.807, 2.05) is 0 Å². The van der Waals surface area contributed by atoms with Crippen LogP contribution in [0.25, 0.3) is 0 Å². The third-order valence-electron chi connectivity index (χ3n) is 7.88. The first-order valence-corrected chi connectivity index (χ1v) is 11.4. The summed E-state index contributed by atoms with van der Waals surface area (Å²) < 4.78 is 0. The Morgan fingerprint density at radius 1 is 1.24 bits per heavy atom. The molecule has 1 unspecified atom stereocenters. The lowest BCUT2D eigenvalue weighted by molar-refractivity contribution is -0.142. The molecule has 0 aromatic carbocycles. The van der Waals surface area contributed by atoms with Crippen molar-refractivity contribution >= 4 is 21.7 Å². The van der Waals surface area contributed by atoms with Crippen LogP contribution in [0.3, 0.4) is 0 Å². The number of Topliss-reactive ketones (excluding diaryl/α,β-unsaturated/α-hetero) is 1. The molecule has 142 valence electrons. The molecule has 0 saturated heterocycles. The summed E-state index contributed by atoms with van der Waals surface area (Å²) in [5.74, 6) is 2.33. The number of ketones is 1. The van der Waals surface area contributed by atoms with Crippen LogP contribution in [0.4, 0.5) is 0 Å². The van der Waals surface area contributed by atoms with E-state index in [-0.39, 0.29) is 5.78 Å². The number of carbonyl (C=O) groups is 1. The van der Waals surface area contributed by atoms with Crippen LogP contribution in [0.2, 0.25) is 0 Å². The maximum Gasteiger partial charge on any atom is 0.164 e. The molecule has 25 heavy (non-hydrogen) atoms. The van der Waals surface area contributed by atoms with E-state index in [9.17, 15) is 9.90 Å². The minimum atomic E-state index is -1.00. The number of hydrogen-bond donors (Lipinski definition) is 1. The van der Waals surface area contributed by atoms with Gasteiger partial charge < -0.3 is 5.11 Å². The smallest absolute Gasteiger partial charge is 0.164 e. The van der Waals surface area contributed by atoms with Crippen molar-refractivity contribution in [3.63, 3.8) is 0 Å². The number of carbonyl (C=O) groups excluding carboxylic acids is 1. The van der Waals surface area contributed by atoms with E-state index in [4.69, 9.17) is 0 Å². The summed E-state index contributed by atoms with van der Waals surface area (Å²) in [6.45, 7) is 4.94. The minimum Gasteiger partial charge on any atom is -0.382 e. The van der Waals surface area contributed by atoms with Crippen molar-refractivity contribution in [1.29, 1.82) is 0 Å². The van der Waals surface area contributed by atoms with Gasteiger partial charge in [-0.1, -0.05) is 41.8 Å². The molecule has 0 radical (unpaired) electrons. The lowest BCUT2D eigenvalue weighted by Gasteiger charge is -2.44. The zero-order valence-corrected chi connectivity index (χ0v) is 17.6. The third kappa shape index (κ3) is 3.78. The lowest BCUT2D eigenvalue weighted by atomic mass is 9.61. The van der Waals surface area contributed by atoms with Crippen LogP contribution in [0.5, 0.6) is 0 Å². The molecule has 3 fully saturated rings. The molecule has 3 heteroatoms. The first-order chi connectivity index (χ1) is 11.9. The number of halogens is 1. The Bertz CT molecular complexity index is 528. The van der Waals surface area contributed by atoms with Crippen molar-refractivity contribution in [2.75, 3.05) is 0 Å². The van der Waals surface area contributed by atoms with Crippen LogP contribution in [-0.2, 0) is 4.79 Å². The van der Waals surface area contributed by atoms with Gasteiger partial charge in [-0.2, -0.15) is 0 Å². The fourth-order valence-corrected chi connectivity index (χ4v) is 6.95. The van der Waals surface area contributed by atoms with E-state index >= 15 is 0 Å². The molecule has 0 amide bonds. The summed E-state index contributed by atoms with van der Waals surface area (Å²) >= 11 is 3.60. The van der Waals surface area contributed by atoms with Gasteiger partial charge in [-0.3, -0.25) is 4.79 Å². The van der Waals surface area contributed by atoms with Gasteiger partial charge in [-0.25, -0.2) is 0 Å². The zero-order chi connectivity index (χ0) is 18.1. The van der Waals surface area contributed by atoms with E-state index in [0.29, 0.717) is 30.6 Å². The molecular formula is C22H35BrO2. The van der Waals surface area contributed by atoms with Gasteiger partial charge in [-0.05, 0) is 92.4 Å². The fourth-order valence-electron chi connectivity index (χ4n) is 6.40. The summed E-state index contributed by atoms with van der Waals surface area (Å²) in [7, 11) is 0. The molecule has 0 bridgehead atoms. The molecule has 0 spiro atoms.